The molecule has 128 valence electrons. The van der Waals surface area contributed by atoms with E-state index in [1.165, 1.54) is 6.42 Å². The second-order valence-electron chi connectivity index (χ2n) is 6.53. The van der Waals surface area contributed by atoms with Gasteiger partial charge >= 0.3 is 0 Å². The van der Waals surface area contributed by atoms with E-state index in [1.54, 1.807) is 29.3 Å². The van der Waals surface area contributed by atoms with Gasteiger partial charge in [0, 0.05) is 19.6 Å². The summed E-state index contributed by atoms with van der Waals surface area (Å²) in [7, 11) is -3.61. The standard InChI is InChI=1S/C15H23N3O3S2/c1-12(17-23(20,21)13-3-2-10-22-13)14(19)18-8-5-15(6-9-18)4-7-16-11-15/h2-3,10,12,16-17H,4-9,11H2,1H3. The molecule has 2 N–H and O–H groups in total. The van der Waals surface area contributed by atoms with Gasteiger partial charge in [-0.25, -0.2) is 8.42 Å². The van der Waals surface area contributed by atoms with Crippen molar-refractivity contribution in [3.63, 3.8) is 0 Å². The van der Waals surface area contributed by atoms with E-state index in [0.717, 1.165) is 37.3 Å². The van der Waals surface area contributed by atoms with Crippen LogP contribution in [-0.2, 0) is 14.8 Å². The molecule has 6 nitrogen and oxygen atoms in total. The van der Waals surface area contributed by atoms with Crippen LogP contribution in [0.5, 0.6) is 0 Å². The van der Waals surface area contributed by atoms with Crippen LogP contribution in [0.4, 0.5) is 0 Å². The minimum absolute atomic E-state index is 0.133. The van der Waals surface area contributed by atoms with Crippen molar-refractivity contribution in [3.8, 4) is 0 Å². The van der Waals surface area contributed by atoms with Gasteiger partial charge in [0.05, 0.1) is 6.04 Å². The highest BCUT2D eigenvalue weighted by Crippen LogP contribution is 2.37. The number of carbonyl (C=O) groups is 1. The van der Waals surface area contributed by atoms with Gasteiger partial charge in [0.1, 0.15) is 4.21 Å². The number of thiophene rings is 1. The molecule has 3 heterocycles. The van der Waals surface area contributed by atoms with Gasteiger partial charge in [0.15, 0.2) is 0 Å². The summed E-state index contributed by atoms with van der Waals surface area (Å²) in [4.78, 5) is 14.3. The monoisotopic (exact) mass is 357 g/mol. The van der Waals surface area contributed by atoms with Crippen LogP contribution < -0.4 is 10.0 Å². The summed E-state index contributed by atoms with van der Waals surface area (Å²) in [6.45, 7) is 5.15. The minimum atomic E-state index is -3.61. The molecule has 0 saturated carbocycles. The maximum absolute atomic E-state index is 12.5. The third-order valence-electron chi connectivity index (χ3n) is 4.93. The highest BCUT2D eigenvalue weighted by atomic mass is 32.2. The lowest BCUT2D eigenvalue weighted by Gasteiger charge is -2.39. The molecule has 2 fully saturated rings. The number of nitrogens with one attached hydrogen (secondary N) is 2. The quantitative estimate of drug-likeness (QED) is 0.843. The first-order valence-corrected chi connectivity index (χ1v) is 10.3. The lowest BCUT2D eigenvalue weighted by atomic mass is 9.78. The maximum Gasteiger partial charge on any atom is 0.250 e. The first kappa shape index (κ1) is 16.9. The van der Waals surface area contributed by atoms with Crippen LogP contribution in [0.1, 0.15) is 26.2 Å². The van der Waals surface area contributed by atoms with Gasteiger partial charge in [-0.1, -0.05) is 6.07 Å². The van der Waals surface area contributed by atoms with Crippen LogP contribution in [0.15, 0.2) is 21.7 Å². The molecule has 0 radical (unpaired) electrons. The van der Waals surface area contributed by atoms with Crippen molar-refractivity contribution in [3.05, 3.63) is 17.5 Å². The largest absolute Gasteiger partial charge is 0.341 e. The Morgan fingerprint density at radius 1 is 1.39 bits per heavy atom. The number of hydrogen-bond donors (Lipinski definition) is 2. The van der Waals surface area contributed by atoms with Crippen molar-refractivity contribution in [2.24, 2.45) is 5.41 Å². The SMILES string of the molecule is CC(NS(=O)(=O)c1cccs1)C(=O)N1CCC2(CCNC2)CC1. The average molecular weight is 358 g/mol. The summed E-state index contributed by atoms with van der Waals surface area (Å²) in [6.07, 6.45) is 3.17. The van der Waals surface area contributed by atoms with E-state index in [2.05, 4.69) is 10.0 Å². The van der Waals surface area contributed by atoms with Crippen molar-refractivity contribution in [2.45, 2.75) is 36.4 Å². The van der Waals surface area contributed by atoms with E-state index in [0.29, 0.717) is 18.5 Å². The lowest BCUT2D eigenvalue weighted by molar-refractivity contribution is -0.134. The van der Waals surface area contributed by atoms with E-state index in [9.17, 15) is 13.2 Å². The Hall–Kier alpha value is -0.960. The van der Waals surface area contributed by atoms with Crippen LogP contribution in [0.25, 0.3) is 0 Å². The fourth-order valence-corrected chi connectivity index (χ4v) is 5.66. The number of rotatable bonds is 4. The molecule has 1 aromatic rings. The third kappa shape index (κ3) is 3.60. The fraction of sp³-hybridized carbons (Fsp3) is 0.667. The molecule has 1 aromatic heterocycles. The van der Waals surface area contributed by atoms with Crippen LogP contribution in [-0.4, -0.2) is 51.4 Å². The van der Waals surface area contributed by atoms with Gasteiger partial charge in [-0.3, -0.25) is 4.79 Å². The zero-order valence-electron chi connectivity index (χ0n) is 13.2. The lowest BCUT2D eigenvalue weighted by Crippen LogP contribution is -2.51. The molecule has 2 saturated heterocycles. The molecule has 2 aliphatic heterocycles. The molecule has 8 heteroatoms. The van der Waals surface area contributed by atoms with Crippen LogP contribution in [0, 0.1) is 5.41 Å². The maximum atomic E-state index is 12.5. The summed E-state index contributed by atoms with van der Waals surface area (Å²) in [5.74, 6) is -0.133. The van der Waals surface area contributed by atoms with Gasteiger partial charge in [0.2, 0.25) is 5.91 Å². The van der Waals surface area contributed by atoms with E-state index >= 15 is 0 Å². The topological polar surface area (TPSA) is 78.5 Å². The number of amides is 1. The molecule has 1 amide bonds. The zero-order chi connectivity index (χ0) is 16.5. The number of sulfonamides is 1. The van der Waals surface area contributed by atoms with Gasteiger partial charge in [-0.2, -0.15) is 4.72 Å². The second-order valence-corrected chi connectivity index (χ2v) is 9.42. The first-order valence-electron chi connectivity index (χ1n) is 7.97. The summed E-state index contributed by atoms with van der Waals surface area (Å²) in [5, 5.41) is 5.11. The number of nitrogens with zero attached hydrogens (tertiary/aromatic N) is 1. The molecular formula is C15H23N3O3S2. The van der Waals surface area contributed by atoms with Crippen LogP contribution >= 0.6 is 11.3 Å². The summed E-state index contributed by atoms with van der Waals surface area (Å²) in [5.41, 5.74) is 0.344. The molecule has 0 bridgehead atoms. The number of likely N-dealkylation sites (tertiary alicyclic amines) is 1. The van der Waals surface area contributed by atoms with Gasteiger partial charge in [-0.15, -0.1) is 11.3 Å². The van der Waals surface area contributed by atoms with Crippen molar-refractivity contribution >= 4 is 27.3 Å². The summed E-state index contributed by atoms with van der Waals surface area (Å²) < 4.78 is 27.2. The predicted molar refractivity (Wildman–Crippen MR) is 89.8 cm³/mol. The van der Waals surface area contributed by atoms with Crippen LogP contribution in [0.2, 0.25) is 0 Å². The number of hydrogen-bond acceptors (Lipinski definition) is 5. The fourth-order valence-electron chi connectivity index (χ4n) is 3.46. The summed E-state index contributed by atoms with van der Waals surface area (Å²) in [6, 6.07) is 2.49. The second kappa shape index (κ2) is 6.51. The van der Waals surface area contributed by atoms with Crippen molar-refractivity contribution < 1.29 is 13.2 Å². The predicted octanol–water partition coefficient (Wildman–Crippen LogP) is 1.02. The number of carbonyl (C=O) groups excluding carboxylic acids is 1. The highest BCUT2D eigenvalue weighted by Gasteiger charge is 2.39. The van der Waals surface area contributed by atoms with Crippen LogP contribution in [0.3, 0.4) is 0 Å². The Morgan fingerprint density at radius 3 is 2.70 bits per heavy atom. The summed E-state index contributed by atoms with van der Waals surface area (Å²) >= 11 is 1.15. The van der Waals surface area contributed by atoms with Crippen molar-refractivity contribution in [2.75, 3.05) is 26.2 Å². The molecule has 0 aromatic carbocycles. The zero-order valence-corrected chi connectivity index (χ0v) is 14.9. The highest BCUT2D eigenvalue weighted by molar-refractivity contribution is 7.91. The van der Waals surface area contributed by atoms with E-state index in [4.69, 9.17) is 0 Å². The van der Waals surface area contributed by atoms with Crippen molar-refractivity contribution in [1.82, 2.24) is 14.9 Å². The molecular weight excluding hydrogens is 334 g/mol. The van der Waals surface area contributed by atoms with E-state index in [1.807, 2.05) is 0 Å². The first-order chi connectivity index (χ1) is 10.9. The minimum Gasteiger partial charge on any atom is -0.341 e. The smallest absolute Gasteiger partial charge is 0.250 e. The molecule has 1 atom stereocenters. The Kier molecular flexibility index (Phi) is 4.78. The Morgan fingerprint density at radius 2 is 2.13 bits per heavy atom. The molecule has 1 spiro atoms. The third-order valence-corrected chi connectivity index (χ3v) is 7.87. The van der Waals surface area contributed by atoms with E-state index < -0.39 is 16.1 Å². The van der Waals surface area contributed by atoms with Gasteiger partial charge in [0.25, 0.3) is 10.0 Å². The van der Waals surface area contributed by atoms with Crippen molar-refractivity contribution in [1.29, 1.82) is 0 Å². The Bertz CT molecular complexity index is 642. The normalized spacial score (nSPS) is 22.4. The Labute approximate surface area is 141 Å². The van der Waals surface area contributed by atoms with Gasteiger partial charge in [-0.05, 0) is 49.6 Å². The molecule has 23 heavy (non-hydrogen) atoms. The van der Waals surface area contributed by atoms with E-state index in [-0.39, 0.29) is 10.1 Å². The molecule has 0 aliphatic carbocycles. The average Bonchev–Trinajstić information content (AvgIpc) is 3.19. The molecule has 3 rings (SSSR count). The molecule has 1 unspecified atom stereocenters. The Balaban J connectivity index is 1.58. The number of piperidine rings is 1. The molecule has 2 aliphatic rings. The van der Waals surface area contributed by atoms with Gasteiger partial charge < -0.3 is 10.2 Å².